The molecule has 0 aromatic heterocycles. The van der Waals surface area contributed by atoms with Crippen molar-refractivity contribution in [2.24, 2.45) is 0 Å². The Hall–Kier alpha value is -4.84. The Morgan fingerprint density at radius 2 is 1.65 bits per heavy atom. The third-order valence-electron chi connectivity index (χ3n) is 4.48. The summed E-state index contributed by atoms with van der Waals surface area (Å²) >= 11 is 0. The molecule has 0 saturated carbocycles. The third kappa shape index (κ3) is 6.58. The van der Waals surface area contributed by atoms with E-state index in [1.54, 1.807) is 18.2 Å². The van der Waals surface area contributed by atoms with Crippen molar-refractivity contribution in [3.8, 4) is 23.3 Å². The van der Waals surface area contributed by atoms with Gasteiger partial charge in [0, 0.05) is 11.4 Å². The van der Waals surface area contributed by atoms with E-state index >= 15 is 0 Å². The van der Waals surface area contributed by atoms with E-state index in [0.29, 0.717) is 22.7 Å². The van der Waals surface area contributed by atoms with E-state index in [2.05, 4.69) is 10.6 Å². The zero-order valence-corrected chi connectivity index (χ0v) is 18.0. The van der Waals surface area contributed by atoms with Crippen LogP contribution in [0.4, 0.5) is 15.8 Å². The molecule has 0 radical (unpaired) electrons. The summed E-state index contributed by atoms with van der Waals surface area (Å²) < 4.78 is 23.8. The number of phenols is 1. The molecule has 3 rings (SSSR count). The third-order valence-corrected chi connectivity index (χ3v) is 4.48. The maximum atomic E-state index is 13.0. The van der Waals surface area contributed by atoms with Gasteiger partial charge in [0.1, 0.15) is 23.2 Å². The van der Waals surface area contributed by atoms with Gasteiger partial charge in [-0.05, 0) is 72.3 Å². The number of nitrogens with one attached hydrogen (secondary N) is 2. The standard InChI is InChI=1S/C25H20FN3O5/c1-33-23-13-16(12-17(14-27)25(32)29-20-7-9-21(30)10-8-20)2-11-22(23)34-15-24(31)28-19-5-3-18(26)4-6-19/h2-13,30H,15H2,1H3,(H,28,31)(H,29,32)/b17-12+. The first kappa shape index (κ1) is 23.8. The van der Waals surface area contributed by atoms with Gasteiger partial charge in [0.2, 0.25) is 0 Å². The highest BCUT2D eigenvalue weighted by molar-refractivity contribution is 6.09. The van der Waals surface area contributed by atoms with Crippen LogP contribution in [0.5, 0.6) is 17.2 Å². The lowest BCUT2D eigenvalue weighted by molar-refractivity contribution is -0.118. The molecule has 3 N–H and O–H groups in total. The molecule has 0 atom stereocenters. The van der Waals surface area contributed by atoms with Crippen molar-refractivity contribution in [3.05, 3.63) is 83.7 Å². The van der Waals surface area contributed by atoms with Crippen LogP contribution in [0.1, 0.15) is 5.56 Å². The predicted molar refractivity (Wildman–Crippen MR) is 124 cm³/mol. The van der Waals surface area contributed by atoms with Gasteiger partial charge in [0.05, 0.1) is 7.11 Å². The van der Waals surface area contributed by atoms with Gasteiger partial charge in [-0.15, -0.1) is 0 Å². The Morgan fingerprint density at radius 1 is 1.00 bits per heavy atom. The Balaban J connectivity index is 1.66. The smallest absolute Gasteiger partial charge is 0.266 e. The van der Waals surface area contributed by atoms with Crippen molar-refractivity contribution in [1.29, 1.82) is 5.26 Å². The molecule has 2 amide bonds. The lowest BCUT2D eigenvalue weighted by atomic mass is 10.1. The summed E-state index contributed by atoms with van der Waals surface area (Å²) in [5.74, 6) is -0.859. The molecule has 0 aliphatic rings. The van der Waals surface area contributed by atoms with Gasteiger partial charge < -0.3 is 25.2 Å². The van der Waals surface area contributed by atoms with Crippen LogP contribution >= 0.6 is 0 Å². The molecule has 0 saturated heterocycles. The molecule has 0 heterocycles. The number of phenolic OH excluding ortho intramolecular Hbond substituents is 1. The molecule has 34 heavy (non-hydrogen) atoms. The first-order valence-electron chi connectivity index (χ1n) is 9.96. The van der Waals surface area contributed by atoms with Crippen molar-refractivity contribution in [2.45, 2.75) is 0 Å². The van der Waals surface area contributed by atoms with Crippen LogP contribution in [0.3, 0.4) is 0 Å². The number of carbonyl (C=O) groups excluding carboxylic acids is 2. The number of rotatable bonds is 8. The summed E-state index contributed by atoms with van der Waals surface area (Å²) in [6.07, 6.45) is 1.38. The van der Waals surface area contributed by atoms with Crippen molar-refractivity contribution >= 4 is 29.3 Å². The predicted octanol–water partition coefficient (Wildman–Crippen LogP) is 4.10. The lowest BCUT2D eigenvalue weighted by Crippen LogP contribution is -2.20. The molecule has 172 valence electrons. The molecule has 0 bridgehead atoms. The minimum Gasteiger partial charge on any atom is -0.508 e. The Morgan fingerprint density at radius 3 is 2.29 bits per heavy atom. The molecular formula is C25H20FN3O5. The lowest BCUT2D eigenvalue weighted by Gasteiger charge is -2.12. The van der Waals surface area contributed by atoms with Gasteiger partial charge in [0.15, 0.2) is 18.1 Å². The first-order chi connectivity index (χ1) is 16.4. The number of amides is 2. The van der Waals surface area contributed by atoms with Gasteiger partial charge in [-0.3, -0.25) is 9.59 Å². The van der Waals surface area contributed by atoms with E-state index in [0.717, 1.165) is 0 Å². The van der Waals surface area contributed by atoms with E-state index < -0.39 is 17.6 Å². The monoisotopic (exact) mass is 461 g/mol. The van der Waals surface area contributed by atoms with Gasteiger partial charge >= 0.3 is 0 Å². The van der Waals surface area contributed by atoms with Gasteiger partial charge in [-0.1, -0.05) is 6.07 Å². The second-order valence-electron chi connectivity index (χ2n) is 6.92. The number of benzene rings is 3. The van der Waals surface area contributed by atoms with Crippen molar-refractivity contribution < 1.29 is 28.6 Å². The fourth-order valence-corrected chi connectivity index (χ4v) is 2.83. The van der Waals surface area contributed by atoms with Crippen LogP contribution in [-0.4, -0.2) is 30.6 Å². The van der Waals surface area contributed by atoms with Crippen molar-refractivity contribution in [3.63, 3.8) is 0 Å². The molecule has 0 aliphatic heterocycles. The largest absolute Gasteiger partial charge is 0.508 e. The molecule has 0 unspecified atom stereocenters. The number of ether oxygens (including phenoxy) is 2. The number of halogens is 1. The topological polar surface area (TPSA) is 121 Å². The van der Waals surface area contributed by atoms with Crippen molar-refractivity contribution in [1.82, 2.24) is 0 Å². The summed E-state index contributed by atoms with van der Waals surface area (Å²) in [4.78, 5) is 24.5. The van der Waals surface area contributed by atoms with E-state index in [-0.39, 0.29) is 23.7 Å². The normalized spacial score (nSPS) is 10.7. The van der Waals surface area contributed by atoms with Crippen LogP contribution < -0.4 is 20.1 Å². The summed E-state index contributed by atoms with van der Waals surface area (Å²) in [6, 6.07) is 17.7. The fraction of sp³-hybridized carbons (Fsp3) is 0.0800. The Kier molecular flexibility index (Phi) is 7.81. The van der Waals surface area contributed by atoms with Gasteiger partial charge in [-0.2, -0.15) is 5.26 Å². The number of anilines is 2. The number of methoxy groups -OCH3 is 1. The molecule has 0 aliphatic carbocycles. The summed E-state index contributed by atoms with van der Waals surface area (Å²) in [6.45, 7) is -0.318. The quantitative estimate of drug-likeness (QED) is 0.264. The number of hydrogen-bond acceptors (Lipinski definition) is 6. The van der Waals surface area contributed by atoms with Crippen molar-refractivity contribution in [2.75, 3.05) is 24.4 Å². The molecule has 8 nitrogen and oxygen atoms in total. The fourth-order valence-electron chi connectivity index (χ4n) is 2.83. The van der Waals surface area contributed by atoms with Crippen LogP contribution in [0.2, 0.25) is 0 Å². The Bertz CT molecular complexity index is 1250. The van der Waals surface area contributed by atoms with E-state index in [1.165, 1.54) is 61.7 Å². The second-order valence-corrected chi connectivity index (χ2v) is 6.92. The highest BCUT2D eigenvalue weighted by atomic mass is 19.1. The number of nitrogens with zero attached hydrogens (tertiary/aromatic N) is 1. The highest BCUT2D eigenvalue weighted by Crippen LogP contribution is 2.29. The number of aromatic hydroxyl groups is 1. The first-order valence-corrected chi connectivity index (χ1v) is 9.96. The number of carbonyl (C=O) groups is 2. The minimum atomic E-state index is -0.620. The van der Waals surface area contributed by atoms with Gasteiger partial charge in [0.25, 0.3) is 11.8 Å². The molecular weight excluding hydrogens is 441 g/mol. The average molecular weight is 461 g/mol. The van der Waals surface area contributed by atoms with Gasteiger partial charge in [-0.25, -0.2) is 4.39 Å². The molecule has 0 fully saturated rings. The minimum absolute atomic E-state index is 0.0522. The molecule has 3 aromatic rings. The van der Waals surface area contributed by atoms with Crippen LogP contribution in [0.15, 0.2) is 72.3 Å². The number of nitriles is 1. The summed E-state index contributed by atoms with van der Waals surface area (Å²) in [7, 11) is 1.41. The van der Waals surface area contributed by atoms with E-state index in [4.69, 9.17) is 9.47 Å². The average Bonchev–Trinajstić information content (AvgIpc) is 2.84. The van der Waals surface area contributed by atoms with Crippen LogP contribution in [0, 0.1) is 17.1 Å². The SMILES string of the molecule is COc1cc(/C=C(\C#N)C(=O)Nc2ccc(O)cc2)ccc1OCC(=O)Nc1ccc(F)cc1. The van der Waals surface area contributed by atoms with Crippen LogP contribution in [-0.2, 0) is 9.59 Å². The number of hydrogen-bond donors (Lipinski definition) is 3. The molecule has 9 heteroatoms. The molecule has 3 aromatic carbocycles. The van der Waals surface area contributed by atoms with E-state index in [1.807, 2.05) is 6.07 Å². The highest BCUT2D eigenvalue weighted by Gasteiger charge is 2.12. The Labute approximate surface area is 194 Å². The zero-order chi connectivity index (χ0) is 24.5. The maximum absolute atomic E-state index is 13.0. The van der Waals surface area contributed by atoms with Crippen LogP contribution in [0.25, 0.3) is 6.08 Å². The zero-order valence-electron chi connectivity index (χ0n) is 18.0. The summed E-state index contributed by atoms with van der Waals surface area (Å²) in [5.41, 5.74) is 1.20. The van der Waals surface area contributed by atoms with E-state index in [9.17, 15) is 24.3 Å². The second kappa shape index (κ2) is 11.2. The maximum Gasteiger partial charge on any atom is 0.266 e. The summed E-state index contributed by atoms with van der Waals surface area (Å²) in [5, 5.41) is 23.9. The molecule has 0 spiro atoms.